The van der Waals surface area contributed by atoms with E-state index in [9.17, 15) is 14.0 Å². The zero-order valence-corrected chi connectivity index (χ0v) is 17.8. The number of carbonyl (C=O) groups excluding carboxylic acids is 2. The third-order valence-electron chi connectivity index (χ3n) is 4.25. The standard InChI is InChI=1S/C23H21FN2O4S/c1-29-18-10-11-20(21(13-18)30-2)26-22(27)14-31-19-5-3-4-17(12-19)25-23(28)15-6-8-16(24)9-7-15/h3-13H,14H2,1-2H3,(H,25,28)(H,26,27). The first kappa shape index (κ1) is 22.2. The third-order valence-corrected chi connectivity index (χ3v) is 5.24. The lowest BCUT2D eigenvalue weighted by Gasteiger charge is -2.12. The first-order chi connectivity index (χ1) is 15.0. The summed E-state index contributed by atoms with van der Waals surface area (Å²) in [6.45, 7) is 0. The van der Waals surface area contributed by atoms with Crippen LogP contribution < -0.4 is 20.1 Å². The molecule has 0 fully saturated rings. The van der Waals surface area contributed by atoms with Crippen LogP contribution in [-0.2, 0) is 4.79 Å². The van der Waals surface area contributed by atoms with Crippen molar-refractivity contribution in [3.8, 4) is 11.5 Å². The van der Waals surface area contributed by atoms with Crippen molar-refractivity contribution in [3.05, 3.63) is 78.1 Å². The number of nitrogens with one attached hydrogen (secondary N) is 2. The van der Waals surface area contributed by atoms with Crippen LogP contribution in [0, 0.1) is 5.82 Å². The van der Waals surface area contributed by atoms with Crippen molar-refractivity contribution < 1.29 is 23.5 Å². The quantitative estimate of drug-likeness (QED) is 0.491. The van der Waals surface area contributed by atoms with Crippen molar-refractivity contribution in [3.63, 3.8) is 0 Å². The van der Waals surface area contributed by atoms with Gasteiger partial charge in [-0.05, 0) is 54.6 Å². The molecule has 0 aliphatic carbocycles. The van der Waals surface area contributed by atoms with E-state index in [0.717, 1.165) is 4.90 Å². The van der Waals surface area contributed by atoms with Crippen molar-refractivity contribution in [2.45, 2.75) is 4.90 Å². The summed E-state index contributed by atoms with van der Waals surface area (Å²) in [5.41, 5.74) is 1.48. The number of halogens is 1. The molecular weight excluding hydrogens is 419 g/mol. The van der Waals surface area contributed by atoms with Crippen LogP contribution in [0.3, 0.4) is 0 Å². The Morgan fingerprint density at radius 2 is 1.71 bits per heavy atom. The molecule has 0 spiro atoms. The molecule has 0 atom stereocenters. The van der Waals surface area contributed by atoms with Gasteiger partial charge in [-0.15, -0.1) is 11.8 Å². The molecule has 0 bridgehead atoms. The highest BCUT2D eigenvalue weighted by molar-refractivity contribution is 8.00. The number of hydrogen-bond acceptors (Lipinski definition) is 5. The van der Waals surface area contributed by atoms with Crippen LogP contribution >= 0.6 is 11.8 Å². The Bertz CT molecular complexity index is 1070. The summed E-state index contributed by atoms with van der Waals surface area (Å²) in [4.78, 5) is 25.5. The minimum atomic E-state index is -0.402. The normalized spacial score (nSPS) is 10.3. The van der Waals surface area contributed by atoms with Gasteiger partial charge in [0.2, 0.25) is 5.91 Å². The predicted molar refractivity (Wildman–Crippen MR) is 120 cm³/mol. The van der Waals surface area contributed by atoms with Gasteiger partial charge in [-0.25, -0.2) is 4.39 Å². The van der Waals surface area contributed by atoms with Gasteiger partial charge in [0.25, 0.3) is 5.91 Å². The molecule has 3 aromatic carbocycles. The average Bonchev–Trinajstić information content (AvgIpc) is 2.78. The Morgan fingerprint density at radius 3 is 2.42 bits per heavy atom. The number of ether oxygens (including phenoxy) is 2. The Hall–Kier alpha value is -3.52. The number of carbonyl (C=O) groups is 2. The molecule has 2 N–H and O–H groups in total. The highest BCUT2D eigenvalue weighted by Crippen LogP contribution is 2.29. The number of hydrogen-bond donors (Lipinski definition) is 2. The molecule has 0 radical (unpaired) electrons. The summed E-state index contributed by atoms with van der Waals surface area (Å²) in [7, 11) is 3.07. The minimum absolute atomic E-state index is 0.171. The SMILES string of the molecule is COc1ccc(NC(=O)CSc2cccc(NC(=O)c3ccc(F)cc3)c2)c(OC)c1. The Kier molecular flexibility index (Phi) is 7.50. The molecule has 0 aromatic heterocycles. The minimum Gasteiger partial charge on any atom is -0.497 e. The van der Waals surface area contributed by atoms with Crippen LogP contribution in [0.25, 0.3) is 0 Å². The fourth-order valence-corrected chi connectivity index (χ4v) is 3.46. The van der Waals surface area contributed by atoms with E-state index in [-0.39, 0.29) is 17.6 Å². The Labute approximate surface area is 183 Å². The summed E-state index contributed by atoms with van der Waals surface area (Å²) >= 11 is 1.33. The smallest absolute Gasteiger partial charge is 0.255 e. The second-order valence-corrected chi connectivity index (χ2v) is 7.44. The number of methoxy groups -OCH3 is 2. The molecule has 6 nitrogen and oxygen atoms in total. The molecule has 160 valence electrons. The van der Waals surface area contributed by atoms with E-state index in [0.29, 0.717) is 28.4 Å². The third kappa shape index (κ3) is 6.23. The van der Waals surface area contributed by atoms with Gasteiger partial charge < -0.3 is 20.1 Å². The van der Waals surface area contributed by atoms with Gasteiger partial charge in [-0.1, -0.05) is 6.07 Å². The maximum Gasteiger partial charge on any atom is 0.255 e. The molecule has 0 heterocycles. The van der Waals surface area contributed by atoms with Crippen LogP contribution in [-0.4, -0.2) is 31.8 Å². The first-order valence-electron chi connectivity index (χ1n) is 9.30. The number of thioether (sulfide) groups is 1. The van der Waals surface area contributed by atoms with Crippen LogP contribution in [0.1, 0.15) is 10.4 Å². The molecule has 0 saturated carbocycles. The van der Waals surface area contributed by atoms with Gasteiger partial charge in [0.05, 0.1) is 25.7 Å². The number of amides is 2. The molecule has 31 heavy (non-hydrogen) atoms. The molecule has 0 aliphatic rings. The molecular formula is C23H21FN2O4S. The number of rotatable bonds is 8. The van der Waals surface area contributed by atoms with Gasteiger partial charge in [0, 0.05) is 22.2 Å². The summed E-state index contributed by atoms with van der Waals surface area (Å²) in [6.07, 6.45) is 0. The van der Waals surface area contributed by atoms with Crippen LogP contribution in [0.5, 0.6) is 11.5 Å². The lowest BCUT2D eigenvalue weighted by atomic mass is 10.2. The lowest BCUT2D eigenvalue weighted by molar-refractivity contribution is -0.113. The van der Waals surface area contributed by atoms with E-state index in [1.165, 1.54) is 43.1 Å². The topological polar surface area (TPSA) is 76.7 Å². The maximum atomic E-state index is 13.0. The van der Waals surface area contributed by atoms with Gasteiger partial charge in [-0.2, -0.15) is 0 Å². The summed E-state index contributed by atoms with van der Waals surface area (Å²) in [5, 5.41) is 5.58. The van der Waals surface area contributed by atoms with Crippen molar-refractivity contribution in [1.29, 1.82) is 0 Å². The van der Waals surface area contributed by atoms with Crippen molar-refractivity contribution in [1.82, 2.24) is 0 Å². The zero-order valence-electron chi connectivity index (χ0n) is 17.0. The number of benzene rings is 3. The van der Waals surface area contributed by atoms with Gasteiger partial charge in [-0.3, -0.25) is 9.59 Å². The van der Waals surface area contributed by atoms with Gasteiger partial charge in [0.15, 0.2) is 0 Å². The molecule has 3 aromatic rings. The van der Waals surface area contributed by atoms with Gasteiger partial charge >= 0.3 is 0 Å². The Balaban J connectivity index is 1.58. The highest BCUT2D eigenvalue weighted by Gasteiger charge is 2.11. The van der Waals surface area contributed by atoms with Gasteiger partial charge in [0.1, 0.15) is 17.3 Å². The second-order valence-electron chi connectivity index (χ2n) is 6.39. The van der Waals surface area contributed by atoms with Crippen molar-refractivity contribution >= 4 is 35.0 Å². The fraction of sp³-hybridized carbons (Fsp3) is 0.130. The average molecular weight is 440 g/mol. The zero-order chi connectivity index (χ0) is 22.2. The molecule has 3 rings (SSSR count). The lowest BCUT2D eigenvalue weighted by Crippen LogP contribution is -2.15. The van der Waals surface area contributed by atoms with E-state index in [1.54, 1.807) is 43.5 Å². The monoisotopic (exact) mass is 440 g/mol. The highest BCUT2D eigenvalue weighted by atomic mass is 32.2. The van der Waals surface area contributed by atoms with E-state index < -0.39 is 5.82 Å². The van der Waals surface area contributed by atoms with E-state index >= 15 is 0 Å². The van der Waals surface area contributed by atoms with E-state index in [2.05, 4.69) is 10.6 Å². The summed E-state index contributed by atoms with van der Waals surface area (Å²) in [6, 6.07) is 17.6. The summed E-state index contributed by atoms with van der Waals surface area (Å²) in [5.74, 6) is 0.359. The number of anilines is 2. The van der Waals surface area contributed by atoms with E-state index in [4.69, 9.17) is 9.47 Å². The van der Waals surface area contributed by atoms with E-state index in [1.807, 2.05) is 6.07 Å². The Morgan fingerprint density at radius 1 is 0.935 bits per heavy atom. The summed E-state index contributed by atoms with van der Waals surface area (Å²) < 4.78 is 23.4. The first-order valence-corrected chi connectivity index (χ1v) is 10.3. The molecule has 0 unspecified atom stereocenters. The molecule has 0 saturated heterocycles. The predicted octanol–water partition coefficient (Wildman–Crippen LogP) is 4.83. The van der Waals surface area contributed by atoms with Crippen LogP contribution in [0.4, 0.5) is 15.8 Å². The largest absolute Gasteiger partial charge is 0.497 e. The molecule has 0 aliphatic heterocycles. The second kappa shape index (κ2) is 10.5. The molecule has 8 heteroatoms. The fourth-order valence-electron chi connectivity index (χ4n) is 2.71. The van der Waals surface area contributed by atoms with Crippen molar-refractivity contribution in [2.24, 2.45) is 0 Å². The van der Waals surface area contributed by atoms with Crippen LogP contribution in [0.15, 0.2) is 71.6 Å². The maximum absolute atomic E-state index is 13.0. The molecule has 2 amide bonds. The van der Waals surface area contributed by atoms with Crippen LogP contribution in [0.2, 0.25) is 0 Å². The van der Waals surface area contributed by atoms with Crippen molar-refractivity contribution in [2.75, 3.05) is 30.6 Å².